The maximum Gasteiger partial charge on any atom is 0.263 e. The molecule has 0 radical (unpaired) electrons. The number of aromatic nitrogens is 2. The van der Waals surface area contributed by atoms with Gasteiger partial charge in [-0.2, -0.15) is 0 Å². The van der Waals surface area contributed by atoms with Crippen LogP contribution in [0.2, 0.25) is 0 Å². The Kier molecular flexibility index (Phi) is 5.91. The number of nitrogens with two attached hydrogens (primary N) is 1. The summed E-state index contributed by atoms with van der Waals surface area (Å²) < 4.78 is 6.54. The summed E-state index contributed by atoms with van der Waals surface area (Å²) in [5.74, 6) is -0.0645. The zero-order chi connectivity index (χ0) is 21.3. The molecule has 0 aliphatic heterocycles. The molecule has 0 spiro atoms. The third-order valence-electron chi connectivity index (χ3n) is 5.10. The van der Waals surface area contributed by atoms with E-state index in [0.717, 1.165) is 11.1 Å². The van der Waals surface area contributed by atoms with Crippen LogP contribution in [0.25, 0.3) is 21.3 Å². The zero-order valence-electron chi connectivity index (χ0n) is 17.5. The van der Waals surface area contributed by atoms with E-state index in [-0.39, 0.29) is 11.0 Å². The van der Waals surface area contributed by atoms with Gasteiger partial charge in [0.2, 0.25) is 5.91 Å². The second-order valence-electron chi connectivity index (χ2n) is 8.18. The first kappa shape index (κ1) is 21.2. The number of amides is 1. The molecule has 2 N–H and O–H groups in total. The van der Waals surface area contributed by atoms with Gasteiger partial charge >= 0.3 is 0 Å². The van der Waals surface area contributed by atoms with Gasteiger partial charge in [0.05, 0.1) is 12.0 Å². The van der Waals surface area contributed by atoms with Crippen LogP contribution in [0, 0.1) is 0 Å². The Bertz CT molecular complexity index is 1090. The van der Waals surface area contributed by atoms with Crippen molar-refractivity contribution in [2.45, 2.75) is 45.6 Å². The summed E-state index contributed by atoms with van der Waals surface area (Å²) in [5, 5.41) is 2.47. The minimum atomic E-state index is -0.790. The molecule has 29 heavy (non-hydrogen) atoms. The Hall–Kier alpha value is -2.51. The molecular formula is C22H27N3O3S. The number of ether oxygens (including phenoxy) is 1. The molecule has 1 amide bonds. The smallest absolute Gasteiger partial charge is 0.263 e. The number of rotatable bonds is 6. The van der Waals surface area contributed by atoms with Crippen LogP contribution in [0.3, 0.4) is 0 Å². The number of benzene rings is 1. The standard InChI is InChI=1S/C22H27N3O3S/c1-13(19(23)26)25-17(10-11-28-5)24-20-18(21(25)27)16(12-29-20)14-6-8-15(9-7-14)22(2,3)4/h6-9,12-13H,10-11H2,1-5H3,(H2,23,26). The Morgan fingerprint density at radius 2 is 1.93 bits per heavy atom. The fourth-order valence-corrected chi connectivity index (χ4v) is 4.26. The van der Waals surface area contributed by atoms with E-state index in [4.69, 9.17) is 10.5 Å². The summed E-state index contributed by atoms with van der Waals surface area (Å²) in [6.07, 6.45) is 0.423. The van der Waals surface area contributed by atoms with E-state index in [1.54, 1.807) is 14.0 Å². The quantitative estimate of drug-likeness (QED) is 0.668. The van der Waals surface area contributed by atoms with Crippen LogP contribution in [0.1, 0.15) is 45.1 Å². The van der Waals surface area contributed by atoms with Gasteiger partial charge in [0.15, 0.2) is 0 Å². The fraction of sp³-hybridized carbons (Fsp3) is 0.409. The molecule has 2 heterocycles. The van der Waals surface area contributed by atoms with E-state index in [2.05, 4.69) is 37.9 Å². The van der Waals surface area contributed by atoms with E-state index in [1.807, 2.05) is 17.5 Å². The third-order valence-corrected chi connectivity index (χ3v) is 5.98. The van der Waals surface area contributed by atoms with Gasteiger partial charge in [0.1, 0.15) is 16.7 Å². The van der Waals surface area contributed by atoms with Crippen LogP contribution < -0.4 is 11.3 Å². The molecule has 0 aliphatic rings. The number of hydrogen-bond acceptors (Lipinski definition) is 5. The van der Waals surface area contributed by atoms with E-state index < -0.39 is 11.9 Å². The van der Waals surface area contributed by atoms with Crippen molar-refractivity contribution in [2.24, 2.45) is 5.73 Å². The number of thiophene rings is 1. The lowest BCUT2D eigenvalue weighted by atomic mass is 9.86. The van der Waals surface area contributed by atoms with Gasteiger partial charge in [0, 0.05) is 24.5 Å². The van der Waals surface area contributed by atoms with Gasteiger partial charge in [-0.15, -0.1) is 11.3 Å². The van der Waals surface area contributed by atoms with Gasteiger partial charge in [-0.05, 0) is 23.5 Å². The monoisotopic (exact) mass is 413 g/mol. The number of fused-ring (bicyclic) bond motifs is 1. The largest absolute Gasteiger partial charge is 0.384 e. The molecule has 1 aromatic carbocycles. The fourth-order valence-electron chi connectivity index (χ4n) is 3.30. The van der Waals surface area contributed by atoms with Gasteiger partial charge in [-0.25, -0.2) is 4.98 Å². The van der Waals surface area contributed by atoms with E-state index >= 15 is 0 Å². The highest BCUT2D eigenvalue weighted by atomic mass is 32.1. The van der Waals surface area contributed by atoms with E-state index in [9.17, 15) is 9.59 Å². The highest BCUT2D eigenvalue weighted by Gasteiger charge is 2.23. The van der Waals surface area contributed by atoms with Crippen molar-refractivity contribution in [3.63, 3.8) is 0 Å². The molecule has 6 nitrogen and oxygen atoms in total. The lowest BCUT2D eigenvalue weighted by Gasteiger charge is -2.19. The minimum absolute atomic E-state index is 0.0523. The molecule has 0 bridgehead atoms. The third kappa shape index (κ3) is 4.11. The van der Waals surface area contributed by atoms with Gasteiger partial charge < -0.3 is 10.5 Å². The number of carbonyl (C=O) groups excluding carboxylic acids is 1. The highest BCUT2D eigenvalue weighted by Crippen LogP contribution is 2.33. The SMILES string of the molecule is COCCc1nc2scc(-c3ccc(C(C)(C)C)cc3)c2c(=O)n1C(C)C(N)=O. The van der Waals surface area contributed by atoms with Crippen molar-refractivity contribution in [2.75, 3.05) is 13.7 Å². The molecule has 0 saturated heterocycles. The van der Waals surface area contributed by atoms with Crippen LogP contribution >= 0.6 is 11.3 Å². The van der Waals surface area contributed by atoms with Gasteiger partial charge in [0.25, 0.3) is 5.56 Å². The molecule has 0 fully saturated rings. The molecule has 2 aromatic heterocycles. The van der Waals surface area contributed by atoms with E-state index in [0.29, 0.717) is 29.1 Å². The number of methoxy groups -OCH3 is 1. The predicted molar refractivity (Wildman–Crippen MR) is 118 cm³/mol. The average molecular weight is 414 g/mol. The minimum Gasteiger partial charge on any atom is -0.384 e. The summed E-state index contributed by atoms with van der Waals surface area (Å²) in [6, 6.07) is 7.44. The summed E-state index contributed by atoms with van der Waals surface area (Å²) >= 11 is 1.43. The summed E-state index contributed by atoms with van der Waals surface area (Å²) in [6.45, 7) is 8.51. The summed E-state index contributed by atoms with van der Waals surface area (Å²) in [4.78, 5) is 30.6. The molecule has 0 saturated carbocycles. The second kappa shape index (κ2) is 8.08. The lowest BCUT2D eigenvalue weighted by Crippen LogP contribution is -2.35. The van der Waals surface area contributed by atoms with Crippen molar-refractivity contribution in [1.29, 1.82) is 0 Å². The van der Waals surface area contributed by atoms with Crippen molar-refractivity contribution >= 4 is 27.5 Å². The molecule has 3 aromatic rings. The second-order valence-corrected chi connectivity index (χ2v) is 9.04. The van der Waals surface area contributed by atoms with Crippen molar-refractivity contribution in [1.82, 2.24) is 9.55 Å². The average Bonchev–Trinajstić information content (AvgIpc) is 3.09. The lowest BCUT2D eigenvalue weighted by molar-refractivity contribution is -0.120. The predicted octanol–water partition coefficient (Wildman–Crippen LogP) is 3.66. The molecular weight excluding hydrogens is 386 g/mol. The normalized spacial score (nSPS) is 13.0. The first-order valence-corrected chi connectivity index (χ1v) is 10.4. The summed E-state index contributed by atoms with van der Waals surface area (Å²) in [5.41, 5.74) is 8.31. The van der Waals surface area contributed by atoms with Crippen LogP contribution in [-0.2, 0) is 21.4 Å². The van der Waals surface area contributed by atoms with Crippen molar-refractivity contribution in [3.05, 3.63) is 51.4 Å². The van der Waals surface area contributed by atoms with E-state index in [1.165, 1.54) is 21.5 Å². The summed E-state index contributed by atoms with van der Waals surface area (Å²) in [7, 11) is 1.59. The molecule has 1 unspecified atom stereocenters. The van der Waals surface area contributed by atoms with Crippen LogP contribution in [0.5, 0.6) is 0 Å². The molecule has 154 valence electrons. The first-order chi connectivity index (χ1) is 13.6. The van der Waals surface area contributed by atoms with Gasteiger partial charge in [-0.3, -0.25) is 14.2 Å². The maximum absolute atomic E-state index is 13.4. The number of primary amides is 1. The van der Waals surface area contributed by atoms with Gasteiger partial charge in [-0.1, -0.05) is 45.0 Å². The number of nitrogens with zero attached hydrogens (tertiary/aromatic N) is 2. The van der Waals surface area contributed by atoms with Crippen molar-refractivity contribution < 1.29 is 9.53 Å². The zero-order valence-corrected chi connectivity index (χ0v) is 18.3. The molecule has 0 aliphatic carbocycles. The first-order valence-electron chi connectivity index (χ1n) is 9.57. The van der Waals surface area contributed by atoms with Crippen LogP contribution in [-0.4, -0.2) is 29.2 Å². The molecule has 7 heteroatoms. The number of carbonyl (C=O) groups is 1. The molecule has 1 atom stereocenters. The Balaban J connectivity index is 2.20. The van der Waals surface area contributed by atoms with Crippen molar-refractivity contribution in [3.8, 4) is 11.1 Å². The maximum atomic E-state index is 13.4. The Labute approximate surface area is 174 Å². The number of hydrogen-bond donors (Lipinski definition) is 1. The molecule has 3 rings (SSSR count). The Morgan fingerprint density at radius 1 is 1.28 bits per heavy atom. The van der Waals surface area contributed by atoms with Crippen LogP contribution in [0.15, 0.2) is 34.4 Å². The highest BCUT2D eigenvalue weighted by molar-refractivity contribution is 7.17. The van der Waals surface area contributed by atoms with Crippen LogP contribution in [0.4, 0.5) is 0 Å². The topological polar surface area (TPSA) is 87.2 Å². The Morgan fingerprint density at radius 3 is 2.48 bits per heavy atom.